The van der Waals surface area contributed by atoms with E-state index in [1.54, 1.807) is 0 Å². The van der Waals surface area contributed by atoms with Crippen molar-refractivity contribution in [1.82, 2.24) is 0 Å². The zero-order valence-electron chi connectivity index (χ0n) is 21.6. The van der Waals surface area contributed by atoms with Gasteiger partial charge in [0, 0.05) is 6.42 Å². The van der Waals surface area contributed by atoms with Gasteiger partial charge in [-0.15, -0.1) is 0 Å². The standard InChI is InChI=1S/C30H52O2/c1-4-6-8-10-12-13-15-17-19-29(18-16-14-11-9-7-5-2)26-32-30(31)25-24-28-22-20-27(3)21-23-28/h20-23,29H,4-19,24-26H2,1-3H3. The second-order valence-corrected chi connectivity index (χ2v) is 9.85. The van der Waals surface area contributed by atoms with Gasteiger partial charge in [-0.25, -0.2) is 0 Å². The van der Waals surface area contributed by atoms with Gasteiger partial charge in [0.15, 0.2) is 0 Å². The van der Waals surface area contributed by atoms with Crippen LogP contribution in [0.3, 0.4) is 0 Å². The van der Waals surface area contributed by atoms with Crippen LogP contribution in [0.25, 0.3) is 0 Å². The van der Waals surface area contributed by atoms with E-state index in [-0.39, 0.29) is 5.97 Å². The highest BCUT2D eigenvalue weighted by Crippen LogP contribution is 2.20. The first-order valence-electron chi connectivity index (χ1n) is 13.9. The minimum Gasteiger partial charge on any atom is -0.465 e. The van der Waals surface area contributed by atoms with E-state index in [0.717, 1.165) is 6.42 Å². The highest BCUT2D eigenvalue weighted by molar-refractivity contribution is 5.69. The van der Waals surface area contributed by atoms with E-state index < -0.39 is 0 Å². The number of ether oxygens (including phenoxy) is 1. The fraction of sp³-hybridized carbons (Fsp3) is 0.767. The van der Waals surface area contributed by atoms with Crippen molar-refractivity contribution in [2.75, 3.05) is 6.61 Å². The molecule has 32 heavy (non-hydrogen) atoms. The molecule has 0 spiro atoms. The average Bonchev–Trinajstić information content (AvgIpc) is 2.80. The minimum absolute atomic E-state index is 0.0329. The van der Waals surface area contributed by atoms with Crippen molar-refractivity contribution < 1.29 is 9.53 Å². The van der Waals surface area contributed by atoms with Crippen LogP contribution in [0.4, 0.5) is 0 Å². The van der Waals surface area contributed by atoms with Crippen molar-refractivity contribution in [2.45, 2.75) is 136 Å². The Balaban J connectivity index is 2.26. The number of rotatable bonds is 21. The van der Waals surface area contributed by atoms with Crippen molar-refractivity contribution in [1.29, 1.82) is 0 Å². The van der Waals surface area contributed by atoms with E-state index in [9.17, 15) is 4.79 Å². The maximum absolute atomic E-state index is 12.3. The molecule has 0 aliphatic carbocycles. The third kappa shape index (κ3) is 16.3. The molecule has 0 amide bonds. The molecular weight excluding hydrogens is 392 g/mol. The Bertz CT molecular complexity index is 548. The van der Waals surface area contributed by atoms with Gasteiger partial charge in [0.25, 0.3) is 0 Å². The average molecular weight is 445 g/mol. The molecule has 0 aliphatic heterocycles. The molecule has 1 unspecified atom stereocenters. The van der Waals surface area contributed by atoms with Gasteiger partial charge in [-0.3, -0.25) is 4.79 Å². The zero-order chi connectivity index (χ0) is 23.3. The molecule has 0 radical (unpaired) electrons. The molecule has 0 aliphatic rings. The van der Waals surface area contributed by atoms with Crippen LogP contribution in [0.15, 0.2) is 24.3 Å². The van der Waals surface area contributed by atoms with E-state index in [1.165, 1.54) is 114 Å². The Morgan fingerprint density at radius 2 is 1.19 bits per heavy atom. The van der Waals surface area contributed by atoms with Crippen molar-refractivity contribution in [3.8, 4) is 0 Å². The van der Waals surface area contributed by atoms with E-state index in [0.29, 0.717) is 18.9 Å². The van der Waals surface area contributed by atoms with Crippen molar-refractivity contribution in [2.24, 2.45) is 5.92 Å². The summed E-state index contributed by atoms with van der Waals surface area (Å²) in [5.74, 6) is 0.513. The smallest absolute Gasteiger partial charge is 0.306 e. The summed E-state index contributed by atoms with van der Waals surface area (Å²) >= 11 is 0. The Kier molecular flexibility index (Phi) is 18.2. The highest BCUT2D eigenvalue weighted by atomic mass is 16.5. The number of benzene rings is 1. The van der Waals surface area contributed by atoms with Gasteiger partial charge < -0.3 is 4.74 Å². The van der Waals surface area contributed by atoms with Crippen LogP contribution in [-0.2, 0) is 16.0 Å². The Morgan fingerprint density at radius 1 is 0.719 bits per heavy atom. The predicted octanol–water partition coefficient (Wildman–Crippen LogP) is 9.37. The molecule has 2 heteroatoms. The quantitative estimate of drug-likeness (QED) is 0.139. The summed E-state index contributed by atoms with van der Waals surface area (Å²) in [6.45, 7) is 7.26. The van der Waals surface area contributed by atoms with Gasteiger partial charge in [-0.1, -0.05) is 134 Å². The molecule has 1 rings (SSSR count). The van der Waals surface area contributed by atoms with Crippen LogP contribution < -0.4 is 0 Å². The maximum Gasteiger partial charge on any atom is 0.306 e. The Hall–Kier alpha value is -1.31. The summed E-state index contributed by atoms with van der Waals surface area (Å²) in [6.07, 6.45) is 22.6. The van der Waals surface area contributed by atoms with Crippen LogP contribution in [0, 0.1) is 12.8 Å². The molecule has 2 nitrogen and oxygen atoms in total. The second-order valence-electron chi connectivity index (χ2n) is 9.85. The molecule has 1 aromatic rings. The predicted molar refractivity (Wildman–Crippen MR) is 139 cm³/mol. The molecule has 1 aromatic carbocycles. The van der Waals surface area contributed by atoms with Gasteiger partial charge >= 0.3 is 5.97 Å². The second kappa shape index (κ2) is 20.3. The lowest BCUT2D eigenvalue weighted by Gasteiger charge is -2.17. The van der Waals surface area contributed by atoms with E-state index in [2.05, 4.69) is 45.0 Å². The molecule has 0 aromatic heterocycles. The number of aryl methyl sites for hydroxylation is 2. The summed E-state index contributed by atoms with van der Waals surface area (Å²) in [4.78, 5) is 12.3. The molecular formula is C30H52O2. The number of hydrogen-bond donors (Lipinski definition) is 0. The Labute approximate surface area is 199 Å². The van der Waals surface area contributed by atoms with Crippen molar-refractivity contribution >= 4 is 5.97 Å². The highest BCUT2D eigenvalue weighted by Gasteiger charge is 2.12. The lowest BCUT2D eigenvalue weighted by molar-refractivity contribution is -0.145. The van der Waals surface area contributed by atoms with Crippen molar-refractivity contribution in [3.63, 3.8) is 0 Å². The topological polar surface area (TPSA) is 26.3 Å². The number of carbonyl (C=O) groups is 1. The van der Waals surface area contributed by atoms with Gasteiger partial charge in [-0.05, 0) is 37.7 Å². The summed E-state index contributed by atoms with van der Waals surface area (Å²) in [5.41, 5.74) is 2.48. The summed E-state index contributed by atoms with van der Waals surface area (Å²) in [6, 6.07) is 8.46. The normalized spacial score (nSPS) is 12.1. The van der Waals surface area contributed by atoms with E-state index >= 15 is 0 Å². The SMILES string of the molecule is CCCCCCCCCCC(CCCCCCCC)COC(=O)CCc1ccc(C)cc1. The number of unbranched alkanes of at least 4 members (excludes halogenated alkanes) is 12. The molecule has 0 saturated carbocycles. The van der Waals surface area contributed by atoms with Crippen LogP contribution in [0.5, 0.6) is 0 Å². The van der Waals surface area contributed by atoms with Gasteiger partial charge in [0.05, 0.1) is 6.61 Å². The van der Waals surface area contributed by atoms with Crippen LogP contribution in [0.2, 0.25) is 0 Å². The zero-order valence-corrected chi connectivity index (χ0v) is 21.6. The molecule has 0 fully saturated rings. The molecule has 0 saturated heterocycles. The first-order chi connectivity index (χ1) is 15.7. The van der Waals surface area contributed by atoms with E-state index in [4.69, 9.17) is 4.74 Å². The van der Waals surface area contributed by atoms with Gasteiger partial charge in [-0.2, -0.15) is 0 Å². The number of hydrogen-bond acceptors (Lipinski definition) is 2. The number of esters is 1. The summed E-state index contributed by atoms with van der Waals surface area (Å²) in [5, 5.41) is 0. The maximum atomic E-state index is 12.3. The van der Waals surface area contributed by atoms with Crippen LogP contribution in [-0.4, -0.2) is 12.6 Å². The largest absolute Gasteiger partial charge is 0.465 e. The lowest BCUT2D eigenvalue weighted by Crippen LogP contribution is -2.15. The minimum atomic E-state index is -0.0329. The molecule has 0 N–H and O–H groups in total. The third-order valence-electron chi connectivity index (χ3n) is 6.65. The first-order valence-corrected chi connectivity index (χ1v) is 13.9. The Morgan fingerprint density at radius 3 is 1.69 bits per heavy atom. The molecule has 0 bridgehead atoms. The van der Waals surface area contributed by atoms with Crippen LogP contribution >= 0.6 is 0 Å². The molecule has 184 valence electrons. The lowest BCUT2D eigenvalue weighted by atomic mass is 9.94. The van der Waals surface area contributed by atoms with Gasteiger partial charge in [0.2, 0.25) is 0 Å². The summed E-state index contributed by atoms with van der Waals surface area (Å²) in [7, 11) is 0. The third-order valence-corrected chi connectivity index (χ3v) is 6.65. The van der Waals surface area contributed by atoms with E-state index in [1.807, 2.05) is 0 Å². The molecule has 1 atom stereocenters. The number of carbonyl (C=O) groups excluding carboxylic acids is 1. The molecule has 0 heterocycles. The fourth-order valence-electron chi connectivity index (χ4n) is 4.38. The summed E-state index contributed by atoms with van der Waals surface area (Å²) < 4.78 is 5.73. The van der Waals surface area contributed by atoms with Gasteiger partial charge in [0.1, 0.15) is 0 Å². The fourth-order valence-corrected chi connectivity index (χ4v) is 4.38. The van der Waals surface area contributed by atoms with Crippen LogP contribution in [0.1, 0.15) is 134 Å². The first kappa shape index (κ1) is 28.7. The monoisotopic (exact) mass is 444 g/mol. The van der Waals surface area contributed by atoms with Crippen molar-refractivity contribution in [3.05, 3.63) is 35.4 Å².